The van der Waals surface area contributed by atoms with Crippen molar-refractivity contribution in [3.05, 3.63) is 35.2 Å². The standard InChI is InChI=1S/C19H27N5O2/c1-4-23-10-9-21-16(23)12-24(15-11-19(15)5-7-20-8-6-19)18(25)17-13(2)22-26-14(17)3/h9-10,15,20H,4-8,11-12H2,1-3H3. The quantitative estimate of drug-likeness (QED) is 0.888. The van der Waals surface area contributed by atoms with Crippen LogP contribution in [0.4, 0.5) is 0 Å². The van der Waals surface area contributed by atoms with Crippen LogP contribution in [0.3, 0.4) is 0 Å². The van der Waals surface area contributed by atoms with Crippen LogP contribution in [-0.2, 0) is 13.1 Å². The van der Waals surface area contributed by atoms with Crippen LogP contribution >= 0.6 is 0 Å². The number of nitrogens with zero attached hydrogens (tertiary/aromatic N) is 4. The third-order valence-electron chi connectivity index (χ3n) is 6.08. The smallest absolute Gasteiger partial charge is 0.260 e. The zero-order chi connectivity index (χ0) is 18.3. The first kappa shape index (κ1) is 17.3. The van der Waals surface area contributed by atoms with Crippen LogP contribution in [0.2, 0.25) is 0 Å². The van der Waals surface area contributed by atoms with E-state index >= 15 is 0 Å². The molecule has 2 fully saturated rings. The lowest BCUT2D eigenvalue weighted by Crippen LogP contribution is -2.40. The molecular weight excluding hydrogens is 330 g/mol. The van der Waals surface area contributed by atoms with Gasteiger partial charge in [-0.3, -0.25) is 4.79 Å². The van der Waals surface area contributed by atoms with Crippen molar-refractivity contribution in [1.29, 1.82) is 0 Å². The summed E-state index contributed by atoms with van der Waals surface area (Å²) in [6.45, 7) is 9.19. The minimum Gasteiger partial charge on any atom is -0.361 e. The van der Waals surface area contributed by atoms with Gasteiger partial charge in [-0.15, -0.1) is 0 Å². The number of carbonyl (C=O) groups is 1. The molecule has 140 valence electrons. The third-order valence-corrected chi connectivity index (χ3v) is 6.08. The average Bonchev–Trinajstić information content (AvgIpc) is 2.98. The molecule has 7 heteroatoms. The molecule has 2 aliphatic rings. The molecule has 1 aliphatic heterocycles. The highest BCUT2D eigenvalue weighted by molar-refractivity contribution is 5.96. The summed E-state index contributed by atoms with van der Waals surface area (Å²) < 4.78 is 7.36. The number of rotatable bonds is 5. The Kier molecular flexibility index (Phi) is 4.34. The van der Waals surface area contributed by atoms with Gasteiger partial charge in [-0.25, -0.2) is 4.98 Å². The van der Waals surface area contributed by atoms with Crippen LogP contribution in [0.25, 0.3) is 0 Å². The van der Waals surface area contributed by atoms with E-state index in [-0.39, 0.29) is 17.4 Å². The first-order valence-electron chi connectivity index (χ1n) is 9.50. The van der Waals surface area contributed by atoms with E-state index < -0.39 is 0 Å². The first-order valence-corrected chi connectivity index (χ1v) is 9.50. The van der Waals surface area contributed by atoms with E-state index in [1.807, 2.05) is 31.1 Å². The van der Waals surface area contributed by atoms with Gasteiger partial charge in [-0.2, -0.15) is 0 Å². The van der Waals surface area contributed by atoms with E-state index in [0.717, 1.165) is 44.7 Å². The fourth-order valence-electron chi connectivity index (χ4n) is 4.42. The Morgan fingerprint density at radius 1 is 1.42 bits per heavy atom. The molecule has 1 N–H and O–H groups in total. The van der Waals surface area contributed by atoms with Crippen molar-refractivity contribution in [1.82, 2.24) is 24.9 Å². The Morgan fingerprint density at radius 2 is 2.19 bits per heavy atom. The molecule has 2 aromatic heterocycles. The molecule has 1 saturated heterocycles. The molecule has 1 spiro atoms. The number of piperidine rings is 1. The summed E-state index contributed by atoms with van der Waals surface area (Å²) in [6, 6.07) is 0.271. The largest absolute Gasteiger partial charge is 0.361 e. The van der Waals surface area contributed by atoms with Crippen molar-refractivity contribution in [2.75, 3.05) is 13.1 Å². The lowest BCUT2D eigenvalue weighted by atomic mass is 9.93. The molecule has 4 rings (SSSR count). The summed E-state index contributed by atoms with van der Waals surface area (Å²) in [4.78, 5) is 20.0. The van der Waals surface area contributed by atoms with Crippen LogP contribution in [0, 0.1) is 19.3 Å². The van der Waals surface area contributed by atoms with Crippen LogP contribution in [-0.4, -0.2) is 44.6 Å². The zero-order valence-electron chi connectivity index (χ0n) is 15.8. The van der Waals surface area contributed by atoms with E-state index in [9.17, 15) is 4.79 Å². The highest BCUT2D eigenvalue weighted by Gasteiger charge is 2.58. The molecule has 0 aromatic carbocycles. The molecule has 0 radical (unpaired) electrons. The second-order valence-electron chi connectivity index (χ2n) is 7.59. The molecule has 2 aromatic rings. The monoisotopic (exact) mass is 357 g/mol. The highest BCUT2D eigenvalue weighted by Crippen LogP contribution is 2.56. The fourth-order valence-corrected chi connectivity index (χ4v) is 4.42. The minimum atomic E-state index is 0.0207. The van der Waals surface area contributed by atoms with E-state index in [1.165, 1.54) is 0 Å². The molecule has 1 unspecified atom stereocenters. The van der Waals surface area contributed by atoms with Crippen molar-refractivity contribution in [3.63, 3.8) is 0 Å². The van der Waals surface area contributed by atoms with Gasteiger partial charge in [-0.1, -0.05) is 5.16 Å². The summed E-state index contributed by atoms with van der Waals surface area (Å²) in [5, 5.41) is 7.41. The highest BCUT2D eigenvalue weighted by atomic mass is 16.5. The third kappa shape index (κ3) is 2.84. The number of aryl methyl sites for hydroxylation is 3. The number of hydrogen-bond acceptors (Lipinski definition) is 5. The van der Waals surface area contributed by atoms with Gasteiger partial charge in [0.25, 0.3) is 5.91 Å². The summed E-state index contributed by atoms with van der Waals surface area (Å²) in [7, 11) is 0. The summed E-state index contributed by atoms with van der Waals surface area (Å²) in [5.74, 6) is 1.55. The SMILES string of the molecule is CCn1ccnc1CN(C(=O)c1c(C)noc1C)C1CC12CCNCC2. The maximum absolute atomic E-state index is 13.5. The summed E-state index contributed by atoms with van der Waals surface area (Å²) >= 11 is 0. The van der Waals surface area contributed by atoms with E-state index in [1.54, 1.807) is 0 Å². The topological polar surface area (TPSA) is 76.2 Å². The number of nitrogens with one attached hydrogen (secondary N) is 1. The fraction of sp³-hybridized carbons (Fsp3) is 0.632. The number of amides is 1. The maximum atomic E-state index is 13.5. The Balaban J connectivity index is 1.65. The van der Waals surface area contributed by atoms with E-state index in [0.29, 0.717) is 23.6 Å². The Labute approximate surface area is 153 Å². The summed E-state index contributed by atoms with van der Waals surface area (Å²) in [6.07, 6.45) is 7.12. The van der Waals surface area contributed by atoms with Crippen molar-refractivity contribution < 1.29 is 9.32 Å². The second kappa shape index (κ2) is 6.54. The van der Waals surface area contributed by atoms with E-state index in [4.69, 9.17) is 4.52 Å². The van der Waals surface area contributed by atoms with Crippen molar-refractivity contribution in [3.8, 4) is 0 Å². The van der Waals surface area contributed by atoms with Gasteiger partial charge in [0.05, 0.1) is 12.2 Å². The molecule has 26 heavy (non-hydrogen) atoms. The molecule has 1 atom stereocenters. The predicted octanol–water partition coefficient (Wildman–Crippen LogP) is 2.29. The van der Waals surface area contributed by atoms with Gasteiger partial charge >= 0.3 is 0 Å². The zero-order valence-corrected chi connectivity index (χ0v) is 15.8. The molecule has 3 heterocycles. The van der Waals surface area contributed by atoms with Crippen LogP contribution < -0.4 is 5.32 Å². The molecule has 1 saturated carbocycles. The van der Waals surface area contributed by atoms with Crippen molar-refractivity contribution in [2.24, 2.45) is 5.41 Å². The normalized spacial score (nSPS) is 21.1. The Morgan fingerprint density at radius 3 is 2.85 bits per heavy atom. The maximum Gasteiger partial charge on any atom is 0.260 e. The predicted molar refractivity (Wildman–Crippen MR) is 96.7 cm³/mol. The molecule has 7 nitrogen and oxygen atoms in total. The average molecular weight is 357 g/mol. The second-order valence-corrected chi connectivity index (χ2v) is 7.59. The van der Waals surface area contributed by atoms with E-state index in [2.05, 4.69) is 26.9 Å². The van der Waals surface area contributed by atoms with Gasteiger partial charge < -0.3 is 19.3 Å². The number of aromatic nitrogens is 3. The minimum absolute atomic E-state index is 0.0207. The van der Waals surface area contributed by atoms with Gasteiger partial charge in [0.2, 0.25) is 0 Å². The number of hydrogen-bond donors (Lipinski definition) is 1. The number of carbonyl (C=O) groups excluding carboxylic acids is 1. The van der Waals surface area contributed by atoms with Crippen molar-refractivity contribution >= 4 is 5.91 Å². The van der Waals surface area contributed by atoms with Gasteiger partial charge in [0.15, 0.2) is 0 Å². The van der Waals surface area contributed by atoms with Gasteiger partial charge in [0, 0.05) is 25.0 Å². The van der Waals surface area contributed by atoms with Gasteiger partial charge in [-0.05, 0) is 58.5 Å². The Bertz CT molecular complexity index is 783. The first-order chi connectivity index (χ1) is 12.6. The van der Waals surface area contributed by atoms with Crippen molar-refractivity contribution in [2.45, 2.75) is 59.2 Å². The Hall–Kier alpha value is -2.15. The molecule has 1 amide bonds. The number of imidazole rings is 1. The molecule has 0 bridgehead atoms. The van der Waals surface area contributed by atoms with Crippen LogP contribution in [0.5, 0.6) is 0 Å². The molecular formula is C19H27N5O2. The van der Waals surface area contributed by atoms with Crippen LogP contribution in [0.15, 0.2) is 16.9 Å². The van der Waals surface area contributed by atoms with Crippen LogP contribution in [0.1, 0.15) is 53.8 Å². The lowest BCUT2D eigenvalue weighted by molar-refractivity contribution is 0.0682. The lowest BCUT2D eigenvalue weighted by Gasteiger charge is -2.29. The van der Waals surface area contributed by atoms with Gasteiger partial charge in [0.1, 0.15) is 17.1 Å². The molecule has 1 aliphatic carbocycles. The summed E-state index contributed by atoms with van der Waals surface area (Å²) in [5.41, 5.74) is 1.54.